The number of amides is 1. The van der Waals surface area contributed by atoms with Crippen LogP contribution in [0.25, 0.3) is 0 Å². The van der Waals surface area contributed by atoms with E-state index in [0.717, 1.165) is 0 Å². The third kappa shape index (κ3) is 6.40. The number of carbonyl (C=O) groups is 2. The maximum absolute atomic E-state index is 12.0. The number of hydrogen-bond donors (Lipinski definition) is 3. The maximum atomic E-state index is 12.0. The Balaban J connectivity index is 0.00000441. The van der Waals surface area contributed by atoms with Crippen LogP contribution in [-0.4, -0.2) is 29.1 Å². The third-order valence-corrected chi connectivity index (χ3v) is 3.65. The fraction of sp³-hybridized carbons (Fsp3) is 0.429. The Morgan fingerprint density at radius 2 is 1.91 bits per heavy atom. The van der Waals surface area contributed by atoms with Gasteiger partial charge in [-0.3, -0.25) is 14.9 Å². The average molecular weight is 370 g/mol. The number of carboxylic acid groups (broad SMARTS) is 1. The van der Waals surface area contributed by atoms with E-state index in [1.807, 2.05) is 6.92 Å². The number of anilines is 1. The van der Waals surface area contributed by atoms with Gasteiger partial charge in [0.1, 0.15) is 6.04 Å². The molecule has 2 atom stereocenters. The van der Waals surface area contributed by atoms with Crippen LogP contribution in [-0.2, 0) is 9.59 Å². The molecule has 22 heavy (non-hydrogen) atoms. The summed E-state index contributed by atoms with van der Waals surface area (Å²) in [4.78, 5) is 23.1. The average Bonchev–Trinajstić information content (AvgIpc) is 2.42. The highest BCUT2D eigenvalue weighted by Crippen LogP contribution is 2.25. The molecule has 0 radical (unpaired) electrons. The molecule has 1 rings (SSSR count). The molecule has 0 aromatic heterocycles. The quantitative estimate of drug-likeness (QED) is 0.686. The lowest BCUT2D eigenvalue weighted by atomic mass is 10.1. The van der Waals surface area contributed by atoms with E-state index in [0.29, 0.717) is 28.6 Å². The molecule has 0 aliphatic heterocycles. The number of aliphatic carboxylic acids is 1. The van der Waals surface area contributed by atoms with E-state index in [-0.39, 0.29) is 18.3 Å². The van der Waals surface area contributed by atoms with Gasteiger partial charge >= 0.3 is 5.97 Å². The van der Waals surface area contributed by atoms with Crippen LogP contribution in [0.15, 0.2) is 18.2 Å². The van der Waals surface area contributed by atoms with Crippen LogP contribution in [0.3, 0.4) is 0 Å². The zero-order valence-electron chi connectivity index (χ0n) is 12.2. The molecular formula is C14H19Cl3N2O3. The van der Waals surface area contributed by atoms with Gasteiger partial charge in [0, 0.05) is 5.69 Å². The van der Waals surface area contributed by atoms with Gasteiger partial charge in [-0.1, -0.05) is 36.5 Å². The van der Waals surface area contributed by atoms with Crippen molar-refractivity contribution in [3.63, 3.8) is 0 Å². The molecule has 0 fully saturated rings. The molecule has 0 spiro atoms. The van der Waals surface area contributed by atoms with Crippen molar-refractivity contribution in [2.24, 2.45) is 0 Å². The summed E-state index contributed by atoms with van der Waals surface area (Å²) >= 11 is 11.7. The molecule has 3 N–H and O–H groups in total. The van der Waals surface area contributed by atoms with Gasteiger partial charge in [0.2, 0.25) is 5.91 Å². The van der Waals surface area contributed by atoms with Gasteiger partial charge in [-0.15, -0.1) is 12.4 Å². The van der Waals surface area contributed by atoms with Gasteiger partial charge in [0.15, 0.2) is 0 Å². The first-order chi connectivity index (χ1) is 9.85. The van der Waals surface area contributed by atoms with Crippen LogP contribution in [0, 0.1) is 0 Å². The standard InChI is InChI=1S/C14H18Cl2N2O3.ClH/c1-3-4-12(14(20)21)17-8(2)13(19)18-9-5-6-10(15)11(16)7-9;/h5-8,12,17H,3-4H2,1-2H3,(H,18,19)(H,20,21);1H. The molecule has 1 aromatic carbocycles. The SMILES string of the molecule is CCCC(NC(C)C(=O)Nc1ccc(Cl)c(Cl)c1)C(=O)O.Cl. The van der Waals surface area contributed by atoms with E-state index in [1.54, 1.807) is 19.1 Å². The van der Waals surface area contributed by atoms with E-state index >= 15 is 0 Å². The molecule has 0 saturated heterocycles. The zero-order chi connectivity index (χ0) is 16.0. The lowest BCUT2D eigenvalue weighted by Crippen LogP contribution is -2.47. The van der Waals surface area contributed by atoms with Crippen LogP contribution < -0.4 is 10.6 Å². The summed E-state index contributed by atoms with van der Waals surface area (Å²) in [5, 5.41) is 15.3. The van der Waals surface area contributed by atoms with Gasteiger partial charge in [-0.05, 0) is 31.5 Å². The fourth-order valence-electron chi connectivity index (χ4n) is 1.77. The van der Waals surface area contributed by atoms with Crippen molar-refractivity contribution in [3.05, 3.63) is 28.2 Å². The molecule has 124 valence electrons. The molecule has 0 aliphatic rings. The van der Waals surface area contributed by atoms with Crippen LogP contribution in [0.5, 0.6) is 0 Å². The third-order valence-electron chi connectivity index (χ3n) is 2.91. The van der Waals surface area contributed by atoms with Gasteiger partial charge < -0.3 is 10.4 Å². The Morgan fingerprint density at radius 3 is 2.41 bits per heavy atom. The van der Waals surface area contributed by atoms with E-state index in [1.165, 1.54) is 6.07 Å². The Labute approximate surface area is 145 Å². The second-order valence-corrected chi connectivity index (χ2v) is 5.50. The van der Waals surface area contributed by atoms with Crippen molar-refractivity contribution in [1.82, 2.24) is 5.32 Å². The molecule has 8 heteroatoms. The summed E-state index contributed by atoms with van der Waals surface area (Å²) in [5.41, 5.74) is 0.505. The van der Waals surface area contributed by atoms with Crippen LogP contribution >= 0.6 is 35.6 Å². The largest absolute Gasteiger partial charge is 0.480 e. The second kappa shape index (κ2) is 9.90. The van der Waals surface area contributed by atoms with Gasteiger partial charge in [0.25, 0.3) is 0 Å². The number of hydrogen-bond acceptors (Lipinski definition) is 3. The smallest absolute Gasteiger partial charge is 0.320 e. The van der Waals surface area contributed by atoms with Crippen molar-refractivity contribution < 1.29 is 14.7 Å². The molecule has 5 nitrogen and oxygen atoms in total. The summed E-state index contributed by atoms with van der Waals surface area (Å²) in [6.45, 7) is 3.50. The molecule has 0 saturated carbocycles. The van der Waals surface area contributed by atoms with Crippen LogP contribution in [0.2, 0.25) is 10.0 Å². The summed E-state index contributed by atoms with van der Waals surface area (Å²) in [7, 11) is 0. The summed E-state index contributed by atoms with van der Waals surface area (Å²) in [6, 6.07) is 3.35. The predicted molar refractivity (Wildman–Crippen MR) is 91.3 cm³/mol. The molecule has 0 aliphatic carbocycles. The van der Waals surface area contributed by atoms with Crippen molar-refractivity contribution >= 4 is 53.2 Å². The first-order valence-electron chi connectivity index (χ1n) is 6.60. The highest BCUT2D eigenvalue weighted by Gasteiger charge is 2.22. The molecule has 1 amide bonds. The zero-order valence-corrected chi connectivity index (χ0v) is 14.6. The summed E-state index contributed by atoms with van der Waals surface area (Å²) in [5.74, 6) is -1.30. The molecule has 2 unspecified atom stereocenters. The van der Waals surface area contributed by atoms with Crippen LogP contribution in [0.1, 0.15) is 26.7 Å². The number of halogens is 3. The second-order valence-electron chi connectivity index (χ2n) is 4.69. The summed E-state index contributed by atoms with van der Waals surface area (Å²) < 4.78 is 0. The monoisotopic (exact) mass is 368 g/mol. The van der Waals surface area contributed by atoms with Gasteiger partial charge in [0.05, 0.1) is 16.1 Å². The Bertz CT molecular complexity index is 526. The predicted octanol–water partition coefficient (Wildman–Crippen LogP) is 3.59. The normalized spacial score (nSPS) is 12.9. The molecule has 0 heterocycles. The first kappa shape index (κ1) is 21.0. The Morgan fingerprint density at radius 1 is 1.27 bits per heavy atom. The molecule has 0 bridgehead atoms. The lowest BCUT2D eigenvalue weighted by molar-refractivity contribution is -0.140. The maximum Gasteiger partial charge on any atom is 0.320 e. The Hall–Kier alpha value is -1.01. The minimum absolute atomic E-state index is 0. The van der Waals surface area contributed by atoms with E-state index in [9.17, 15) is 9.59 Å². The first-order valence-corrected chi connectivity index (χ1v) is 7.35. The minimum Gasteiger partial charge on any atom is -0.480 e. The number of benzene rings is 1. The number of rotatable bonds is 7. The van der Waals surface area contributed by atoms with Crippen molar-refractivity contribution in [3.8, 4) is 0 Å². The van der Waals surface area contributed by atoms with Crippen molar-refractivity contribution in [2.45, 2.75) is 38.8 Å². The number of carbonyl (C=O) groups excluding carboxylic acids is 1. The lowest BCUT2D eigenvalue weighted by Gasteiger charge is -2.19. The van der Waals surface area contributed by atoms with Gasteiger partial charge in [-0.25, -0.2) is 0 Å². The van der Waals surface area contributed by atoms with Crippen LogP contribution in [0.4, 0.5) is 5.69 Å². The van der Waals surface area contributed by atoms with E-state index in [2.05, 4.69) is 10.6 Å². The number of nitrogens with one attached hydrogen (secondary N) is 2. The van der Waals surface area contributed by atoms with E-state index < -0.39 is 18.1 Å². The highest BCUT2D eigenvalue weighted by atomic mass is 35.5. The van der Waals surface area contributed by atoms with Gasteiger partial charge in [-0.2, -0.15) is 0 Å². The summed E-state index contributed by atoms with van der Waals surface area (Å²) in [6.07, 6.45) is 1.17. The topological polar surface area (TPSA) is 78.4 Å². The van der Waals surface area contributed by atoms with E-state index in [4.69, 9.17) is 28.3 Å². The molecular weight excluding hydrogens is 351 g/mol. The molecule has 1 aromatic rings. The fourth-order valence-corrected chi connectivity index (χ4v) is 2.07. The minimum atomic E-state index is -0.967. The highest BCUT2D eigenvalue weighted by molar-refractivity contribution is 6.42. The van der Waals surface area contributed by atoms with Crippen molar-refractivity contribution in [2.75, 3.05) is 5.32 Å². The Kier molecular flexibility index (Phi) is 9.44. The van der Waals surface area contributed by atoms with Crippen molar-refractivity contribution in [1.29, 1.82) is 0 Å². The number of carboxylic acids is 1.